The van der Waals surface area contributed by atoms with Crippen LogP contribution in [-0.4, -0.2) is 34.4 Å². The van der Waals surface area contributed by atoms with Crippen LogP contribution >= 0.6 is 0 Å². The Morgan fingerprint density at radius 3 is 2.71 bits per heavy atom. The van der Waals surface area contributed by atoms with E-state index in [9.17, 15) is 4.79 Å². The molecule has 1 amide bonds. The first-order valence-electron chi connectivity index (χ1n) is 9.37. The fourth-order valence-electron chi connectivity index (χ4n) is 3.08. The zero-order valence-corrected chi connectivity index (χ0v) is 16.9. The number of rotatable bonds is 7. The van der Waals surface area contributed by atoms with Crippen LogP contribution < -0.4 is 14.8 Å². The van der Waals surface area contributed by atoms with E-state index >= 15 is 0 Å². The fraction of sp³-hybridized carbons (Fsp3) is 0.381. The number of carbonyl (C=O) groups is 1. The summed E-state index contributed by atoms with van der Waals surface area (Å²) in [6, 6.07) is 7.60. The van der Waals surface area contributed by atoms with Gasteiger partial charge in [-0.2, -0.15) is 5.10 Å². The van der Waals surface area contributed by atoms with Gasteiger partial charge in [0.1, 0.15) is 0 Å². The first-order chi connectivity index (χ1) is 13.4. The van der Waals surface area contributed by atoms with Crippen molar-refractivity contribution in [2.45, 2.75) is 40.3 Å². The summed E-state index contributed by atoms with van der Waals surface area (Å²) in [4.78, 5) is 17.4. The number of aryl methyl sites for hydroxylation is 1. The van der Waals surface area contributed by atoms with Crippen molar-refractivity contribution >= 4 is 16.9 Å². The largest absolute Gasteiger partial charge is 0.493 e. The van der Waals surface area contributed by atoms with E-state index in [1.807, 2.05) is 50.6 Å². The average Bonchev–Trinajstić information content (AvgIpc) is 3.10. The summed E-state index contributed by atoms with van der Waals surface area (Å²) >= 11 is 0. The molecule has 0 spiro atoms. The van der Waals surface area contributed by atoms with Crippen molar-refractivity contribution in [1.29, 1.82) is 0 Å². The van der Waals surface area contributed by atoms with Crippen LogP contribution in [0.3, 0.4) is 0 Å². The number of benzene rings is 1. The lowest BCUT2D eigenvalue weighted by atomic mass is 10.1. The quantitative estimate of drug-likeness (QED) is 0.675. The van der Waals surface area contributed by atoms with Crippen LogP contribution in [0.25, 0.3) is 11.0 Å². The lowest BCUT2D eigenvalue weighted by molar-refractivity contribution is 0.0952. The monoisotopic (exact) mass is 382 g/mol. The van der Waals surface area contributed by atoms with E-state index in [0.29, 0.717) is 30.2 Å². The molecule has 0 aliphatic carbocycles. The minimum absolute atomic E-state index is 0.161. The predicted molar refractivity (Wildman–Crippen MR) is 108 cm³/mol. The van der Waals surface area contributed by atoms with E-state index in [2.05, 4.69) is 15.4 Å². The Kier molecular flexibility index (Phi) is 5.82. The van der Waals surface area contributed by atoms with E-state index in [1.54, 1.807) is 19.4 Å². The summed E-state index contributed by atoms with van der Waals surface area (Å²) in [5.41, 5.74) is 3.01. The molecule has 2 aromatic heterocycles. The molecule has 0 aliphatic heterocycles. The molecule has 28 heavy (non-hydrogen) atoms. The summed E-state index contributed by atoms with van der Waals surface area (Å²) in [6.45, 7) is 8.82. The molecule has 2 heterocycles. The van der Waals surface area contributed by atoms with E-state index in [1.165, 1.54) is 0 Å². The number of fused-ring (bicyclic) bond motifs is 1. The molecule has 0 aliphatic rings. The second-order valence-corrected chi connectivity index (χ2v) is 6.83. The Hall–Kier alpha value is -3.09. The maximum Gasteiger partial charge on any atom is 0.252 e. The molecule has 1 N–H and O–H groups in total. The first kappa shape index (κ1) is 19.7. The molecular weight excluding hydrogens is 356 g/mol. The Bertz CT molecular complexity index is 995. The van der Waals surface area contributed by atoms with Gasteiger partial charge in [-0.25, -0.2) is 9.67 Å². The van der Waals surface area contributed by atoms with Crippen LogP contribution in [0.4, 0.5) is 0 Å². The van der Waals surface area contributed by atoms with Crippen LogP contribution in [0.2, 0.25) is 0 Å². The van der Waals surface area contributed by atoms with Crippen LogP contribution in [0.15, 0.2) is 30.5 Å². The minimum atomic E-state index is -0.161. The average molecular weight is 382 g/mol. The molecule has 3 rings (SSSR count). The van der Waals surface area contributed by atoms with Crippen LogP contribution in [0.5, 0.6) is 11.5 Å². The normalized spacial score (nSPS) is 11.1. The van der Waals surface area contributed by atoms with Crippen molar-refractivity contribution in [2.75, 3.05) is 13.7 Å². The summed E-state index contributed by atoms with van der Waals surface area (Å²) in [6.07, 6.45) is 1.70. The van der Waals surface area contributed by atoms with Crippen molar-refractivity contribution in [3.8, 4) is 11.5 Å². The smallest absolute Gasteiger partial charge is 0.252 e. The molecule has 0 unspecified atom stereocenters. The molecule has 3 aromatic rings. The SMILES string of the molecule is CCOc1ccc(CNC(=O)c2cc(C)nc3c2cnn3C(C)C)cc1OC. The van der Waals surface area contributed by atoms with Crippen molar-refractivity contribution in [1.82, 2.24) is 20.1 Å². The second-order valence-electron chi connectivity index (χ2n) is 6.83. The van der Waals surface area contributed by atoms with Gasteiger partial charge in [0.2, 0.25) is 0 Å². The number of amides is 1. The Morgan fingerprint density at radius 2 is 2.04 bits per heavy atom. The van der Waals surface area contributed by atoms with Gasteiger partial charge in [-0.15, -0.1) is 0 Å². The van der Waals surface area contributed by atoms with Gasteiger partial charge in [-0.1, -0.05) is 6.07 Å². The van der Waals surface area contributed by atoms with Gasteiger partial charge in [-0.05, 0) is 51.5 Å². The van der Waals surface area contributed by atoms with Crippen molar-refractivity contribution < 1.29 is 14.3 Å². The van der Waals surface area contributed by atoms with Gasteiger partial charge < -0.3 is 14.8 Å². The number of hydrogen-bond donors (Lipinski definition) is 1. The van der Waals surface area contributed by atoms with Gasteiger partial charge in [0, 0.05) is 18.3 Å². The predicted octanol–water partition coefficient (Wildman–Crippen LogP) is 3.66. The number of carbonyl (C=O) groups excluding carboxylic acids is 1. The highest BCUT2D eigenvalue weighted by Gasteiger charge is 2.17. The summed E-state index contributed by atoms with van der Waals surface area (Å²) in [5, 5.41) is 8.12. The summed E-state index contributed by atoms with van der Waals surface area (Å²) in [7, 11) is 1.60. The number of nitrogens with zero attached hydrogens (tertiary/aromatic N) is 3. The third kappa shape index (κ3) is 3.93. The molecule has 148 valence electrons. The topological polar surface area (TPSA) is 78.3 Å². The maximum atomic E-state index is 12.9. The Labute approximate surface area is 164 Å². The summed E-state index contributed by atoms with van der Waals surface area (Å²) in [5.74, 6) is 1.17. The molecule has 0 atom stereocenters. The highest BCUT2D eigenvalue weighted by Crippen LogP contribution is 2.28. The van der Waals surface area contributed by atoms with Crippen molar-refractivity contribution in [3.63, 3.8) is 0 Å². The number of nitrogens with one attached hydrogen (secondary N) is 1. The van der Waals surface area contributed by atoms with Gasteiger partial charge >= 0.3 is 0 Å². The van der Waals surface area contributed by atoms with Crippen LogP contribution in [0, 0.1) is 6.92 Å². The molecule has 0 saturated carbocycles. The summed E-state index contributed by atoms with van der Waals surface area (Å²) < 4.78 is 12.7. The maximum absolute atomic E-state index is 12.9. The highest BCUT2D eigenvalue weighted by molar-refractivity contribution is 6.05. The van der Waals surface area contributed by atoms with Gasteiger partial charge in [0.15, 0.2) is 17.1 Å². The van der Waals surface area contributed by atoms with Crippen molar-refractivity contribution in [3.05, 3.63) is 47.3 Å². The number of pyridine rings is 1. The first-order valence-corrected chi connectivity index (χ1v) is 9.37. The molecule has 7 heteroatoms. The zero-order valence-electron chi connectivity index (χ0n) is 16.9. The number of aromatic nitrogens is 3. The molecule has 0 radical (unpaired) electrons. The number of ether oxygens (including phenoxy) is 2. The lowest BCUT2D eigenvalue weighted by Crippen LogP contribution is -2.23. The zero-order chi connectivity index (χ0) is 20.3. The third-order valence-corrected chi connectivity index (χ3v) is 4.41. The van der Waals surface area contributed by atoms with Crippen LogP contribution in [0.1, 0.15) is 48.4 Å². The van der Waals surface area contributed by atoms with Crippen LogP contribution in [-0.2, 0) is 6.54 Å². The van der Waals surface area contributed by atoms with E-state index in [4.69, 9.17) is 9.47 Å². The molecule has 0 fully saturated rings. The molecule has 0 bridgehead atoms. The van der Waals surface area contributed by atoms with E-state index in [-0.39, 0.29) is 11.9 Å². The molecule has 0 saturated heterocycles. The third-order valence-electron chi connectivity index (χ3n) is 4.41. The van der Waals surface area contributed by atoms with Gasteiger partial charge in [0.05, 0.1) is 30.9 Å². The fourth-order valence-corrected chi connectivity index (χ4v) is 3.08. The highest BCUT2D eigenvalue weighted by atomic mass is 16.5. The second kappa shape index (κ2) is 8.29. The van der Waals surface area contributed by atoms with Gasteiger partial charge in [-0.3, -0.25) is 4.79 Å². The lowest BCUT2D eigenvalue weighted by Gasteiger charge is -2.12. The number of hydrogen-bond acceptors (Lipinski definition) is 5. The van der Waals surface area contributed by atoms with Crippen molar-refractivity contribution in [2.24, 2.45) is 0 Å². The molecule has 1 aromatic carbocycles. The number of methoxy groups -OCH3 is 1. The van der Waals surface area contributed by atoms with E-state index in [0.717, 1.165) is 22.3 Å². The van der Waals surface area contributed by atoms with Gasteiger partial charge in [0.25, 0.3) is 5.91 Å². The van der Waals surface area contributed by atoms with E-state index < -0.39 is 0 Å². The minimum Gasteiger partial charge on any atom is -0.493 e. The standard InChI is InChI=1S/C21H26N4O3/c1-6-28-18-8-7-15(10-19(18)27-5)11-22-21(26)16-9-14(4)24-20-17(16)12-23-25(20)13(2)3/h7-10,12-13H,6,11H2,1-5H3,(H,22,26). The molecule has 7 nitrogen and oxygen atoms in total. The Balaban J connectivity index is 1.82. The molecular formula is C21H26N4O3. The Morgan fingerprint density at radius 1 is 1.25 bits per heavy atom.